The number of hydrogen-bond acceptors (Lipinski definition) is 3. The van der Waals surface area contributed by atoms with E-state index >= 15 is 0 Å². The van der Waals surface area contributed by atoms with Gasteiger partial charge in [-0.15, -0.1) is 0 Å². The summed E-state index contributed by atoms with van der Waals surface area (Å²) in [5.41, 5.74) is 4.99. The molecule has 0 spiro atoms. The van der Waals surface area contributed by atoms with Crippen molar-refractivity contribution in [2.45, 2.75) is 44.4 Å². The fraction of sp³-hybridized carbons (Fsp3) is 0.562. The molecule has 1 heterocycles. The van der Waals surface area contributed by atoms with Crippen LogP contribution in [0.4, 0.5) is 0 Å². The van der Waals surface area contributed by atoms with Crippen LogP contribution in [-0.4, -0.2) is 21.0 Å². The summed E-state index contributed by atoms with van der Waals surface area (Å²) in [5, 5.41) is 9.94. The summed E-state index contributed by atoms with van der Waals surface area (Å²) in [6.07, 6.45) is 7.17. The molecule has 1 saturated carbocycles. The van der Waals surface area contributed by atoms with Gasteiger partial charge in [-0.3, -0.25) is 9.78 Å². The number of carboxylic acid groups (broad SMARTS) is 1. The summed E-state index contributed by atoms with van der Waals surface area (Å²) in [6, 6.07) is 5.26. The Morgan fingerprint density at radius 1 is 1.43 bits per heavy atom. The summed E-state index contributed by atoms with van der Waals surface area (Å²) >= 11 is 5.19. The van der Waals surface area contributed by atoms with Crippen molar-refractivity contribution in [1.29, 1.82) is 0 Å². The van der Waals surface area contributed by atoms with Gasteiger partial charge >= 0.3 is 5.97 Å². The van der Waals surface area contributed by atoms with E-state index in [1.54, 1.807) is 24.4 Å². The van der Waals surface area contributed by atoms with E-state index in [0.717, 1.165) is 25.7 Å². The number of carboxylic acids is 1. The summed E-state index contributed by atoms with van der Waals surface area (Å²) < 4.78 is 0. The highest BCUT2D eigenvalue weighted by Crippen LogP contribution is 2.42. The zero-order valence-electron chi connectivity index (χ0n) is 12.3. The molecular formula is C16H22N2O2S. The molecule has 1 aromatic rings. The van der Waals surface area contributed by atoms with Crippen molar-refractivity contribution >= 4 is 23.2 Å². The molecule has 1 aromatic heterocycles. The standard InChI is InChI=1S/C16H22N2O2S/c1-11(12-7-3-2-4-8-12)16(14(17)21,15(19)20)13-9-5-6-10-18-13/h5-6,9-12H,2-4,7-8H2,1H3,(H2,17,21)(H,19,20). The first-order chi connectivity index (χ1) is 10.0. The zero-order valence-corrected chi connectivity index (χ0v) is 13.1. The maximum atomic E-state index is 12.1. The van der Waals surface area contributed by atoms with Crippen molar-refractivity contribution in [2.24, 2.45) is 17.6 Å². The monoisotopic (exact) mass is 306 g/mol. The van der Waals surface area contributed by atoms with Crippen molar-refractivity contribution in [3.8, 4) is 0 Å². The summed E-state index contributed by atoms with van der Waals surface area (Å²) in [4.78, 5) is 16.4. The lowest BCUT2D eigenvalue weighted by atomic mass is 9.64. The largest absolute Gasteiger partial charge is 0.480 e. The Hall–Kier alpha value is -1.49. The van der Waals surface area contributed by atoms with Gasteiger partial charge in [-0.05, 0) is 24.0 Å². The first kappa shape index (κ1) is 15.9. The van der Waals surface area contributed by atoms with Crippen LogP contribution in [0.3, 0.4) is 0 Å². The lowest BCUT2D eigenvalue weighted by molar-refractivity contribution is -0.143. The average Bonchev–Trinajstić information content (AvgIpc) is 2.49. The fourth-order valence-electron chi connectivity index (χ4n) is 3.58. The molecule has 0 bridgehead atoms. The number of nitrogens with zero attached hydrogens (tertiary/aromatic N) is 1. The van der Waals surface area contributed by atoms with E-state index < -0.39 is 11.4 Å². The molecule has 1 aliphatic carbocycles. The number of thiocarbonyl (C=S) groups is 1. The molecule has 2 rings (SSSR count). The number of aromatic nitrogens is 1. The second-order valence-corrected chi connectivity index (χ2v) is 6.32. The molecule has 0 aliphatic heterocycles. The quantitative estimate of drug-likeness (QED) is 0.818. The predicted molar refractivity (Wildman–Crippen MR) is 86.1 cm³/mol. The molecule has 1 aliphatic rings. The van der Waals surface area contributed by atoms with Gasteiger partial charge in [0.15, 0.2) is 5.41 Å². The molecule has 4 nitrogen and oxygen atoms in total. The van der Waals surface area contributed by atoms with Crippen LogP contribution in [-0.2, 0) is 10.2 Å². The van der Waals surface area contributed by atoms with Crippen LogP contribution in [0.2, 0.25) is 0 Å². The van der Waals surface area contributed by atoms with Gasteiger partial charge in [0.25, 0.3) is 0 Å². The Balaban J connectivity index is 2.49. The maximum Gasteiger partial charge on any atom is 0.323 e. The fourth-order valence-corrected chi connectivity index (χ4v) is 3.96. The molecule has 0 aromatic carbocycles. The molecule has 114 valence electrons. The van der Waals surface area contributed by atoms with Crippen molar-refractivity contribution in [3.05, 3.63) is 30.1 Å². The SMILES string of the molecule is CC(C1CCCCC1)C(C(=O)O)(C(N)=S)c1ccccn1. The minimum atomic E-state index is -1.38. The Kier molecular flexibility index (Phi) is 4.93. The van der Waals surface area contributed by atoms with E-state index in [1.807, 2.05) is 6.92 Å². The smallest absolute Gasteiger partial charge is 0.323 e. The lowest BCUT2D eigenvalue weighted by Gasteiger charge is -2.39. The third-order valence-corrected chi connectivity index (χ3v) is 5.16. The normalized spacial score (nSPS) is 20.4. The Morgan fingerprint density at radius 2 is 2.10 bits per heavy atom. The minimum absolute atomic E-state index is 0.00627. The van der Waals surface area contributed by atoms with Gasteiger partial charge in [0.2, 0.25) is 0 Å². The summed E-state index contributed by atoms with van der Waals surface area (Å²) in [6.45, 7) is 1.96. The van der Waals surface area contributed by atoms with Crippen molar-refractivity contribution in [1.82, 2.24) is 4.98 Å². The molecule has 0 radical (unpaired) electrons. The predicted octanol–water partition coefficient (Wildman–Crippen LogP) is 2.91. The highest BCUT2D eigenvalue weighted by Gasteiger charge is 2.52. The molecule has 3 N–H and O–H groups in total. The molecule has 2 atom stereocenters. The van der Waals surface area contributed by atoms with E-state index in [0.29, 0.717) is 11.6 Å². The number of pyridine rings is 1. The Morgan fingerprint density at radius 3 is 2.57 bits per heavy atom. The topological polar surface area (TPSA) is 76.2 Å². The van der Waals surface area contributed by atoms with Crippen LogP contribution in [0.25, 0.3) is 0 Å². The second-order valence-electron chi connectivity index (χ2n) is 5.88. The Bertz CT molecular complexity index is 498. The maximum absolute atomic E-state index is 12.1. The van der Waals surface area contributed by atoms with Crippen molar-refractivity contribution < 1.29 is 9.90 Å². The minimum Gasteiger partial charge on any atom is -0.480 e. The molecule has 0 amide bonds. The third-order valence-electron chi connectivity index (χ3n) is 4.83. The first-order valence-electron chi connectivity index (χ1n) is 7.46. The van der Waals surface area contributed by atoms with Gasteiger partial charge in [-0.2, -0.15) is 0 Å². The van der Waals surface area contributed by atoms with E-state index in [9.17, 15) is 9.90 Å². The van der Waals surface area contributed by atoms with E-state index in [-0.39, 0.29) is 10.9 Å². The zero-order chi connectivity index (χ0) is 15.5. The number of aliphatic carboxylic acids is 1. The number of hydrogen-bond donors (Lipinski definition) is 2. The highest BCUT2D eigenvalue weighted by atomic mass is 32.1. The molecule has 5 heteroatoms. The Labute approximate surface area is 130 Å². The van der Waals surface area contributed by atoms with Gasteiger partial charge < -0.3 is 10.8 Å². The van der Waals surface area contributed by atoms with Crippen LogP contribution < -0.4 is 5.73 Å². The number of nitrogens with two attached hydrogens (primary N) is 1. The lowest BCUT2D eigenvalue weighted by Crippen LogP contribution is -2.54. The second kappa shape index (κ2) is 6.52. The van der Waals surface area contributed by atoms with Crippen molar-refractivity contribution in [3.63, 3.8) is 0 Å². The van der Waals surface area contributed by atoms with Crippen LogP contribution in [0, 0.1) is 11.8 Å². The van der Waals surface area contributed by atoms with Gasteiger partial charge in [-0.25, -0.2) is 0 Å². The number of rotatable bonds is 5. The third kappa shape index (κ3) is 2.79. The molecular weight excluding hydrogens is 284 g/mol. The van der Waals surface area contributed by atoms with Crippen LogP contribution in [0.1, 0.15) is 44.7 Å². The van der Waals surface area contributed by atoms with Gasteiger partial charge in [0.1, 0.15) is 0 Å². The van der Waals surface area contributed by atoms with Crippen LogP contribution >= 0.6 is 12.2 Å². The van der Waals surface area contributed by atoms with Gasteiger partial charge in [-0.1, -0.05) is 57.3 Å². The van der Waals surface area contributed by atoms with Gasteiger partial charge in [0.05, 0.1) is 10.7 Å². The van der Waals surface area contributed by atoms with Crippen molar-refractivity contribution in [2.75, 3.05) is 0 Å². The summed E-state index contributed by atoms with van der Waals surface area (Å²) in [5.74, 6) is -0.840. The van der Waals surface area contributed by atoms with Crippen LogP contribution in [0.15, 0.2) is 24.4 Å². The summed E-state index contributed by atoms with van der Waals surface area (Å²) in [7, 11) is 0. The molecule has 2 unspecified atom stereocenters. The highest BCUT2D eigenvalue weighted by molar-refractivity contribution is 7.80. The van der Waals surface area contributed by atoms with E-state index in [2.05, 4.69) is 4.98 Å². The van der Waals surface area contributed by atoms with E-state index in [1.165, 1.54) is 6.42 Å². The number of carbonyl (C=O) groups is 1. The molecule has 21 heavy (non-hydrogen) atoms. The molecule has 0 saturated heterocycles. The first-order valence-corrected chi connectivity index (χ1v) is 7.87. The van der Waals surface area contributed by atoms with Gasteiger partial charge in [0, 0.05) is 6.20 Å². The van der Waals surface area contributed by atoms with Crippen LogP contribution in [0.5, 0.6) is 0 Å². The average molecular weight is 306 g/mol. The molecule has 1 fully saturated rings. The van der Waals surface area contributed by atoms with E-state index in [4.69, 9.17) is 18.0 Å².